The minimum absolute atomic E-state index is 0.176. The molecule has 2 aliphatic heterocycles. The minimum atomic E-state index is -0.671. The molecule has 3 aromatic rings. The fourth-order valence-corrected chi connectivity index (χ4v) is 5.39. The predicted octanol–water partition coefficient (Wildman–Crippen LogP) is 6.02. The number of nitrogens with one attached hydrogen (secondary N) is 1. The Labute approximate surface area is 208 Å². The van der Waals surface area contributed by atoms with Gasteiger partial charge in [-0.25, -0.2) is 18.6 Å². The van der Waals surface area contributed by atoms with Crippen LogP contribution in [0.25, 0.3) is 0 Å². The van der Waals surface area contributed by atoms with Crippen molar-refractivity contribution in [3.8, 4) is 0 Å². The maximum atomic E-state index is 14.5. The van der Waals surface area contributed by atoms with Crippen LogP contribution < -0.4 is 15.1 Å². The maximum absolute atomic E-state index is 14.5. The summed E-state index contributed by atoms with van der Waals surface area (Å²) in [5, 5.41) is 3.96. The van der Waals surface area contributed by atoms with Crippen LogP contribution in [-0.2, 0) is 11.3 Å². The number of anilines is 3. The lowest BCUT2D eigenvalue weighted by Crippen LogP contribution is -2.42. The molecule has 0 unspecified atom stereocenters. The summed E-state index contributed by atoms with van der Waals surface area (Å²) in [4.78, 5) is 21.5. The van der Waals surface area contributed by atoms with Crippen molar-refractivity contribution < 1.29 is 18.3 Å². The van der Waals surface area contributed by atoms with E-state index in [0.717, 1.165) is 17.8 Å². The summed E-state index contributed by atoms with van der Waals surface area (Å²) in [5.74, 6) is -1.32. The standard InChI is InChI=1S/C23H18Cl2F2N4O2S/c24-14-2-1-3-15(25)21(14)31-18-11-19(30-6-8-33-9-7-30)22(29-17(18)12-28-23(31)32)34-20-5-4-13(26)10-16(20)27/h1-5,10-11H,6-9,12H2,(H,28,32). The fourth-order valence-electron chi connectivity index (χ4n) is 3.88. The van der Waals surface area contributed by atoms with Crippen LogP contribution in [0.3, 0.4) is 0 Å². The fraction of sp³-hybridized carbons (Fsp3) is 0.217. The van der Waals surface area contributed by atoms with Gasteiger partial charge in [0.05, 0.1) is 52.6 Å². The second kappa shape index (κ2) is 9.58. The van der Waals surface area contributed by atoms with Crippen molar-refractivity contribution in [3.63, 3.8) is 0 Å². The molecule has 176 valence electrons. The topological polar surface area (TPSA) is 57.7 Å². The molecular formula is C23H18Cl2F2N4O2S. The van der Waals surface area contributed by atoms with Crippen LogP contribution in [0.2, 0.25) is 10.0 Å². The molecule has 5 rings (SSSR count). The number of carbonyl (C=O) groups excluding carboxylic acids is 1. The van der Waals surface area contributed by atoms with Gasteiger partial charge in [-0.3, -0.25) is 4.90 Å². The monoisotopic (exact) mass is 522 g/mol. The Bertz CT molecular complexity index is 1250. The highest BCUT2D eigenvalue weighted by Crippen LogP contribution is 2.44. The van der Waals surface area contributed by atoms with Gasteiger partial charge in [0.15, 0.2) is 0 Å². The SMILES string of the molecule is O=C1NCc2nc(Sc3ccc(F)cc3F)c(N3CCOCC3)cc2N1c1c(Cl)cccc1Cl. The van der Waals surface area contributed by atoms with E-state index >= 15 is 0 Å². The number of hydrogen-bond donors (Lipinski definition) is 1. The number of nitrogens with zero attached hydrogens (tertiary/aromatic N) is 3. The molecule has 1 saturated heterocycles. The number of rotatable bonds is 4. The average molecular weight is 523 g/mol. The molecule has 0 bridgehead atoms. The van der Waals surface area contributed by atoms with E-state index in [1.807, 2.05) is 6.07 Å². The first kappa shape index (κ1) is 23.2. The van der Waals surface area contributed by atoms with Gasteiger partial charge in [0, 0.05) is 24.1 Å². The first-order valence-corrected chi connectivity index (χ1v) is 12.0. The van der Waals surface area contributed by atoms with E-state index < -0.39 is 11.6 Å². The third-order valence-corrected chi connectivity index (χ3v) is 7.14. The number of para-hydroxylation sites is 1. The lowest BCUT2D eigenvalue weighted by atomic mass is 10.1. The van der Waals surface area contributed by atoms with Crippen molar-refractivity contribution in [2.45, 2.75) is 16.5 Å². The van der Waals surface area contributed by atoms with Gasteiger partial charge in [-0.2, -0.15) is 0 Å². The second-order valence-corrected chi connectivity index (χ2v) is 9.46. The highest BCUT2D eigenvalue weighted by Gasteiger charge is 2.32. The summed E-state index contributed by atoms with van der Waals surface area (Å²) in [6.07, 6.45) is 0. The molecule has 2 aromatic carbocycles. The van der Waals surface area contributed by atoms with E-state index in [2.05, 4.69) is 10.2 Å². The number of hydrogen-bond acceptors (Lipinski definition) is 5. The number of benzene rings is 2. The van der Waals surface area contributed by atoms with Gasteiger partial charge in [-0.05, 0) is 30.3 Å². The summed E-state index contributed by atoms with van der Waals surface area (Å²) in [6, 6.07) is 9.90. The first-order valence-electron chi connectivity index (χ1n) is 10.4. The number of morpholine rings is 1. The number of halogens is 4. The average Bonchev–Trinajstić information content (AvgIpc) is 2.82. The lowest BCUT2D eigenvalue weighted by Gasteiger charge is -2.34. The van der Waals surface area contributed by atoms with Crippen molar-refractivity contribution in [1.29, 1.82) is 0 Å². The molecule has 0 saturated carbocycles. The van der Waals surface area contributed by atoms with Gasteiger partial charge in [-0.15, -0.1) is 0 Å². The van der Waals surface area contributed by atoms with Crippen molar-refractivity contribution in [3.05, 3.63) is 69.8 Å². The van der Waals surface area contributed by atoms with Gasteiger partial charge in [0.2, 0.25) is 0 Å². The molecule has 6 nitrogen and oxygen atoms in total. The third-order valence-electron chi connectivity index (χ3n) is 5.49. The highest BCUT2D eigenvalue weighted by molar-refractivity contribution is 7.99. The number of amides is 2. The van der Waals surface area contributed by atoms with Gasteiger partial charge >= 0.3 is 6.03 Å². The van der Waals surface area contributed by atoms with Crippen LogP contribution >= 0.6 is 35.0 Å². The predicted molar refractivity (Wildman–Crippen MR) is 129 cm³/mol. The zero-order valence-corrected chi connectivity index (χ0v) is 20.0. The Hall–Kier alpha value is -2.59. The molecule has 34 heavy (non-hydrogen) atoms. The van der Waals surface area contributed by atoms with Crippen molar-refractivity contribution in [2.75, 3.05) is 36.1 Å². The Balaban J connectivity index is 1.65. The van der Waals surface area contributed by atoms with Gasteiger partial charge in [0.25, 0.3) is 0 Å². The molecular weight excluding hydrogens is 505 g/mol. The number of carbonyl (C=O) groups is 1. The van der Waals surface area contributed by atoms with E-state index in [-0.39, 0.29) is 17.5 Å². The van der Waals surface area contributed by atoms with Gasteiger partial charge < -0.3 is 15.0 Å². The Morgan fingerprint density at radius 2 is 1.76 bits per heavy atom. The third kappa shape index (κ3) is 4.40. The molecule has 1 N–H and O–H groups in total. The maximum Gasteiger partial charge on any atom is 0.326 e. The van der Waals surface area contributed by atoms with Crippen LogP contribution in [-0.4, -0.2) is 37.3 Å². The van der Waals surface area contributed by atoms with Gasteiger partial charge in [-0.1, -0.05) is 41.0 Å². The summed E-state index contributed by atoms with van der Waals surface area (Å²) >= 11 is 13.9. The molecule has 0 aliphatic carbocycles. The largest absolute Gasteiger partial charge is 0.378 e. The van der Waals surface area contributed by atoms with E-state index in [1.54, 1.807) is 18.2 Å². The Morgan fingerprint density at radius 3 is 2.47 bits per heavy atom. The van der Waals surface area contributed by atoms with Crippen LogP contribution in [0.15, 0.2) is 52.4 Å². The molecule has 3 heterocycles. The molecule has 2 amide bonds. The minimum Gasteiger partial charge on any atom is -0.378 e. The zero-order valence-electron chi connectivity index (χ0n) is 17.7. The van der Waals surface area contributed by atoms with Crippen molar-refractivity contribution in [1.82, 2.24) is 10.3 Å². The first-order chi connectivity index (χ1) is 16.4. The smallest absolute Gasteiger partial charge is 0.326 e. The van der Waals surface area contributed by atoms with Crippen molar-refractivity contribution in [2.24, 2.45) is 0 Å². The second-order valence-electron chi connectivity index (χ2n) is 7.62. The number of aromatic nitrogens is 1. The van der Waals surface area contributed by atoms with Crippen LogP contribution in [0.1, 0.15) is 5.69 Å². The molecule has 0 atom stereocenters. The Morgan fingerprint density at radius 1 is 1.03 bits per heavy atom. The Kier molecular flexibility index (Phi) is 6.52. The molecule has 11 heteroatoms. The van der Waals surface area contributed by atoms with E-state index in [4.69, 9.17) is 32.9 Å². The number of fused-ring (bicyclic) bond motifs is 1. The highest BCUT2D eigenvalue weighted by atomic mass is 35.5. The zero-order chi connectivity index (χ0) is 23.8. The van der Waals surface area contributed by atoms with E-state index in [1.165, 1.54) is 17.0 Å². The molecule has 2 aliphatic rings. The number of ether oxygens (including phenoxy) is 1. The molecule has 0 spiro atoms. The number of pyridine rings is 1. The number of urea groups is 1. The van der Waals surface area contributed by atoms with E-state index in [9.17, 15) is 13.6 Å². The van der Waals surface area contributed by atoms with Crippen LogP contribution in [0.5, 0.6) is 0 Å². The quantitative estimate of drug-likeness (QED) is 0.454. The summed E-state index contributed by atoms with van der Waals surface area (Å²) in [7, 11) is 0. The summed E-state index contributed by atoms with van der Waals surface area (Å²) in [6.45, 7) is 2.41. The summed E-state index contributed by atoms with van der Waals surface area (Å²) in [5.41, 5.74) is 2.16. The molecule has 1 aromatic heterocycles. The lowest BCUT2D eigenvalue weighted by molar-refractivity contribution is 0.122. The molecule has 1 fully saturated rings. The molecule has 0 radical (unpaired) electrons. The van der Waals surface area contributed by atoms with E-state index in [0.29, 0.717) is 64.1 Å². The van der Waals surface area contributed by atoms with Gasteiger partial charge in [0.1, 0.15) is 16.7 Å². The van der Waals surface area contributed by atoms with Crippen LogP contribution in [0, 0.1) is 11.6 Å². The van der Waals surface area contributed by atoms with Crippen molar-refractivity contribution >= 4 is 58.1 Å². The normalized spacial score (nSPS) is 15.8. The summed E-state index contributed by atoms with van der Waals surface area (Å²) < 4.78 is 33.4. The van der Waals surface area contributed by atoms with Crippen LogP contribution in [0.4, 0.5) is 30.6 Å².